The van der Waals surface area contributed by atoms with Gasteiger partial charge in [-0.25, -0.2) is 5.43 Å². The molecule has 4 heteroatoms. The molecule has 0 unspecified atom stereocenters. The fourth-order valence-corrected chi connectivity index (χ4v) is 2.63. The highest BCUT2D eigenvalue weighted by atomic mass is 15.4. The maximum absolute atomic E-state index is 5.58. The zero-order valence-electron chi connectivity index (χ0n) is 12.2. The summed E-state index contributed by atoms with van der Waals surface area (Å²) in [4.78, 5) is 3.82. The van der Waals surface area contributed by atoms with Crippen molar-refractivity contribution in [3.63, 3.8) is 0 Å². The molecule has 106 valence electrons. The monoisotopic (exact) mass is 278 g/mol. The third-order valence-electron chi connectivity index (χ3n) is 3.79. The van der Waals surface area contributed by atoms with Crippen LogP contribution in [0.1, 0.15) is 23.6 Å². The molecule has 21 heavy (non-hydrogen) atoms. The van der Waals surface area contributed by atoms with E-state index in [0.717, 1.165) is 17.7 Å². The van der Waals surface area contributed by atoms with Gasteiger partial charge in [-0.1, -0.05) is 36.4 Å². The fraction of sp³-hybridized carbons (Fsp3) is 0.176. The Morgan fingerprint density at radius 1 is 1.10 bits per heavy atom. The lowest BCUT2D eigenvalue weighted by molar-refractivity contribution is 0.997. The molecule has 3 rings (SSSR count). The van der Waals surface area contributed by atoms with Gasteiger partial charge in [0, 0.05) is 7.05 Å². The van der Waals surface area contributed by atoms with E-state index >= 15 is 0 Å². The van der Waals surface area contributed by atoms with Crippen molar-refractivity contribution in [2.24, 2.45) is 15.8 Å². The third-order valence-corrected chi connectivity index (χ3v) is 3.79. The quantitative estimate of drug-likeness (QED) is 0.430. The van der Waals surface area contributed by atoms with E-state index in [2.05, 4.69) is 58.0 Å². The van der Waals surface area contributed by atoms with Crippen molar-refractivity contribution in [3.05, 3.63) is 59.2 Å². The van der Waals surface area contributed by atoms with Gasteiger partial charge in [0.05, 0.1) is 5.71 Å². The third kappa shape index (κ3) is 2.52. The van der Waals surface area contributed by atoms with Crippen LogP contribution in [0.15, 0.2) is 52.6 Å². The van der Waals surface area contributed by atoms with Crippen molar-refractivity contribution in [1.29, 1.82) is 0 Å². The van der Waals surface area contributed by atoms with Gasteiger partial charge in [-0.05, 0) is 47.2 Å². The van der Waals surface area contributed by atoms with Gasteiger partial charge in [-0.2, -0.15) is 5.10 Å². The van der Waals surface area contributed by atoms with E-state index in [4.69, 9.17) is 5.73 Å². The molecule has 0 radical (unpaired) electrons. The summed E-state index contributed by atoms with van der Waals surface area (Å²) in [7, 11) is 1.62. The molecule has 2 aromatic rings. The molecule has 0 fully saturated rings. The molecule has 0 amide bonds. The number of nitrogens with zero attached hydrogens (tertiary/aromatic N) is 2. The van der Waals surface area contributed by atoms with Crippen molar-refractivity contribution in [2.45, 2.75) is 13.3 Å². The number of fused-ring (bicyclic) bond motifs is 3. The maximum atomic E-state index is 5.58. The van der Waals surface area contributed by atoms with Crippen molar-refractivity contribution >= 4 is 11.7 Å². The molecule has 0 spiro atoms. The largest absolute Gasteiger partial charge is 0.369 e. The van der Waals surface area contributed by atoms with E-state index in [1.54, 1.807) is 7.05 Å². The van der Waals surface area contributed by atoms with E-state index in [0.29, 0.717) is 5.96 Å². The SMILES string of the molecule is CN=C(N)NN=C(C)c1ccc2c(c1)Cc1ccccc1-2. The van der Waals surface area contributed by atoms with Crippen molar-refractivity contribution in [1.82, 2.24) is 5.43 Å². The van der Waals surface area contributed by atoms with Gasteiger partial charge in [0.25, 0.3) is 0 Å². The summed E-state index contributed by atoms with van der Waals surface area (Å²) < 4.78 is 0. The number of benzene rings is 2. The van der Waals surface area contributed by atoms with Gasteiger partial charge < -0.3 is 5.73 Å². The van der Waals surface area contributed by atoms with E-state index in [1.165, 1.54) is 22.3 Å². The fourth-order valence-electron chi connectivity index (χ4n) is 2.63. The van der Waals surface area contributed by atoms with Gasteiger partial charge in [0.2, 0.25) is 5.96 Å². The van der Waals surface area contributed by atoms with Crippen LogP contribution < -0.4 is 11.2 Å². The average molecular weight is 278 g/mol. The lowest BCUT2D eigenvalue weighted by Gasteiger charge is -2.06. The van der Waals surface area contributed by atoms with Gasteiger partial charge in [0.15, 0.2) is 0 Å². The topological polar surface area (TPSA) is 62.8 Å². The molecule has 0 aromatic heterocycles. The van der Waals surface area contributed by atoms with Crippen molar-refractivity contribution in [3.8, 4) is 11.1 Å². The Morgan fingerprint density at radius 2 is 1.86 bits per heavy atom. The van der Waals surface area contributed by atoms with Crippen molar-refractivity contribution < 1.29 is 0 Å². The van der Waals surface area contributed by atoms with Crippen molar-refractivity contribution in [2.75, 3.05) is 7.05 Å². The average Bonchev–Trinajstić information content (AvgIpc) is 2.89. The number of nitrogens with two attached hydrogens (primary N) is 1. The Balaban J connectivity index is 1.90. The summed E-state index contributed by atoms with van der Waals surface area (Å²) in [5, 5.41) is 4.25. The summed E-state index contributed by atoms with van der Waals surface area (Å²) in [5.41, 5.74) is 15.7. The highest BCUT2D eigenvalue weighted by molar-refractivity contribution is 6.00. The first-order chi connectivity index (χ1) is 10.2. The number of aliphatic imine (C=N–C) groups is 1. The summed E-state index contributed by atoms with van der Waals surface area (Å²) in [6, 6.07) is 15.0. The standard InChI is InChI=1S/C17H18N4/c1-11(20-21-17(18)19-2)12-7-8-16-14(9-12)10-13-5-3-4-6-15(13)16/h3-9H,10H2,1-2H3,(H3,18,19,21). The Morgan fingerprint density at radius 3 is 2.67 bits per heavy atom. The lowest BCUT2D eigenvalue weighted by Crippen LogP contribution is -2.27. The minimum absolute atomic E-state index is 0.308. The normalized spacial score (nSPS) is 13.8. The van der Waals surface area contributed by atoms with E-state index in [9.17, 15) is 0 Å². The number of guanidine groups is 1. The molecular formula is C17H18N4. The second-order valence-electron chi connectivity index (χ2n) is 5.12. The number of nitrogens with one attached hydrogen (secondary N) is 1. The summed E-state index contributed by atoms with van der Waals surface area (Å²) in [6.07, 6.45) is 0.985. The molecule has 1 aliphatic rings. The van der Waals surface area contributed by atoms with Crippen LogP contribution in [0.25, 0.3) is 11.1 Å². The zero-order valence-corrected chi connectivity index (χ0v) is 12.2. The molecule has 0 saturated heterocycles. The molecule has 3 N–H and O–H groups in total. The van der Waals surface area contributed by atoms with E-state index < -0.39 is 0 Å². The van der Waals surface area contributed by atoms with Crippen LogP contribution in [-0.2, 0) is 6.42 Å². The predicted octanol–water partition coefficient (Wildman–Crippen LogP) is 2.52. The lowest BCUT2D eigenvalue weighted by atomic mass is 10.0. The van der Waals surface area contributed by atoms with Crippen LogP contribution in [0.3, 0.4) is 0 Å². The summed E-state index contributed by atoms with van der Waals surface area (Å²) in [6.45, 7) is 1.96. The molecule has 2 aromatic carbocycles. The number of hydrogen-bond donors (Lipinski definition) is 2. The first-order valence-corrected chi connectivity index (χ1v) is 6.93. The number of rotatable bonds is 2. The van der Waals surface area contributed by atoms with E-state index in [1.807, 2.05) is 6.92 Å². The molecule has 0 aliphatic heterocycles. The van der Waals surface area contributed by atoms with Crippen LogP contribution in [0.5, 0.6) is 0 Å². The predicted molar refractivity (Wildman–Crippen MR) is 87.6 cm³/mol. The smallest absolute Gasteiger partial charge is 0.209 e. The summed E-state index contributed by atoms with van der Waals surface area (Å²) in [5.74, 6) is 0.308. The molecule has 0 heterocycles. The van der Waals surface area contributed by atoms with Crippen LogP contribution in [0.4, 0.5) is 0 Å². The van der Waals surface area contributed by atoms with Crippen LogP contribution in [-0.4, -0.2) is 18.7 Å². The Kier molecular flexibility index (Phi) is 3.44. The van der Waals surface area contributed by atoms with Crippen LogP contribution in [0.2, 0.25) is 0 Å². The maximum Gasteiger partial charge on any atom is 0.209 e. The van der Waals surface area contributed by atoms with E-state index in [-0.39, 0.29) is 0 Å². The second kappa shape index (κ2) is 5.40. The first-order valence-electron chi connectivity index (χ1n) is 6.93. The number of hydrazone groups is 1. The Bertz CT molecular complexity index is 744. The zero-order chi connectivity index (χ0) is 14.8. The minimum atomic E-state index is 0.308. The molecule has 0 bridgehead atoms. The Hall–Kier alpha value is -2.62. The first kappa shape index (κ1) is 13.4. The highest BCUT2D eigenvalue weighted by Gasteiger charge is 2.18. The van der Waals surface area contributed by atoms with Crippen LogP contribution >= 0.6 is 0 Å². The second-order valence-corrected chi connectivity index (χ2v) is 5.12. The molecular weight excluding hydrogens is 260 g/mol. The Labute approximate surface area is 124 Å². The molecule has 0 saturated carbocycles. The van der Waals surface area contributed by atoms with Gasteiger partial charge in [-0.15, -0.1) is 0 Å². The minimum Gasteiger partial charge on any atom is -0.369 e. The van der Waals surface area contributed by atoms with Gasteiger partial charge >= 0.3 is 0 Å². The van der Waals surface area contributed by atoms with Gasteiger partial charge in [0.1, 0.15) is 0 Å². The number of hydrogen-bond acceptors (Lipinski definition) is 2. The van der Waals surface area contributed by atoms with Crippen LogP contribution in [0, 0.1) is 0 Å². The summed E-state index contributed by atoms with van der Waals surface area (Å²) >= 11 is 0. The van der Waals surface area contributed by atoms with Gasteiger partial charge in [-0.3, -0.25) is 4.99 Å². The highest BCUT2D eigenvalue weighted by Crippen LogP contribution is 2.36. The molecule has 4 nitrogen and oxygen atoms in total. The molecule has 1 aliphatic carbocycles. The molecule has 0 atom stereocenters.